The smallest absolute Gasteiger partial charge is 0.214 e. The number of hydrogen-bond acceptors (Lipinski definition) is 6. The molecule has 6 nitrogen and oxygen atoms in total. The highest BCUT2D eigenvalue weighted by atomic mass is 16.5. The number of pyridine rings is 1. The summed E-state index contributed by atoms with van der Waals surface area (Å²) in [6.45, 7) is 10.3. The van der Waals surface area contributed by atoms with E-state index >= 15 is 0 Å². The normalized spacial score (nSPS) is 16.0. The fraction of sp³-hybridized carbons (Fsp3) is 0.409. The Morgan fingerprint density at radius 1 is 1.14 bits per heavy atom. The van der Waals surface area contributed by atoms with Gasteiger partial charge in [0, 0.05) is 36.1 Å². The van der Waals surface area contributed by atoms with Gasteiger partial charge in [-0.3, -0.25) is 4.90 Å². The van der Waals surface area contributed by atoms with Crippen molar-refractivity contribution >= 4 is 16.6 Å². The summed E-state index contributed by atoms with van der Waals surface area (Å²) < 4.78 is 6.02. The second kappa shape index (κ2) is 7.36. The third kappa shape index (κ3) is 3.52. The number of hydrogen-bond donors (Lipinski definition) is 1. The van der Waals surface area contributed by atoms with Gasteiger partial charge in [-0.2, -0.15) is 5.10 Å². The minimum atomic E-state index is 0.109. The molecule has 3 heterocycles. The number of fused-ring (bicyclic) bond motifs is 1. The Balaban J connectivity index is 1.65. The van der Waals surface area contributed by atoms with Crippen LogP contribution in [0.5, 0.6) is 5.88 Å². The minimum Gasteiger partial charge on any atom is -0.472 e. The monoisotopic (exact) mass is 377 g/mol. The number of aryl methyl sites for hydroxylation is 2. The van der Waals surface area contributed by atoms with Crippen molar-refractivity contribution < 1.29 is 4.74 Å². The summed E-state index contributed by atoms with van der Waals surface area (Å²) in [5, 5.41) is 14.3. The van der Waals surface area contributed by atoms with Crippen LogP contribution in [0.25, 0.3) is 10.8 Å². The van der Waals surface area contributed by atoms with E-state index < -0.39 is 0 Å². The predicted octanol–water partition coefficient (Wildman–Crippen LogP) is 3.82. The molecule has 28 heavy (non-hydrogen) atoms. The molecule has 0 bridgehead atoms. The average Bonchev–Trinajstić information content (AvgIpc) is 2.65. The van der Waals surface area contributed by atoms with Crippen LogP contribution in [0.3, 0.4) is 0 Å². The molecule has 1 N–H and O–H groups in total. The minimum absolute atomic E-state index is 0.109. The van der Waals surface area contributed by atoms with Crippen LogP contribution in [0.1, 0.15) is 35.3 Å². The Labute approximate surface area is 165 Å². The maximum absolute atomic E-state index is 6.02. The second-order valence-electron chi connectivity index (χ2n) is 7.82. The predicted molar refractivity (Wildman–Crippen MR) is 112 cm³/mol. The molecule has 0 unspecified atom stereocenters. The quantitative estimate of drug-likeness (QED) is 0.729. The number of likely N-dealkylation sites (N-methyl/N-ethyl adjacent to an activating group) is 1. The lowest BCUT2D eigenvalue weighted by Crippen LogP contribution is -2.51. The zero-order valence-electron chi connectivity index (χ0n) is 17.2. The van der Waals surface area contributed by atoms with Gasteiger partial charge < -0.3 is 10.1 Å². The van der Waals surface area contributed by atoms with E-state index in [4.69, 9.17) is 4.74 Å². The van der Waals surface area contributed by atoms with E-state index in [1.165, 1.54) is 16.7 Å². The maximum atomic E-state index is 6.02. The molecule has 0 radical (unpaired) electrons. The first-order chi connectivity index (χ1) is 13.4. The van der Waals surface area contributed by atoms with Crippen LogP contribution in [0.2, 0.25) is 0 Å². The molecule has 0 spiro atoms. The van der Waals surface area contributed by atoms with Crippen LogP contribution in [0.15, 0.2) is 30.5 Å². The molecule has 0 amide bonds. The van der Waals surface area contributed by atoms with Crippen molar-refractivity contribution in [3.05, 3.63) is 52.8 Å². The zero-order valence-corrected chi connectivity index (χ0v) is 17.2. The second-order valence-corrected chi connectivity index (χ2v) is 7.82. The van der Waals surface area contributed by atoms with Gasteiger partial charge in [0.1, 0.15) is 6.10 Å². The Morgan fingerprint density at radius 3 is 2.68 bits per heavy atom. The number of nitrogens with one attached hydrogen (secondary N) is 1. The Hall–Kier alpha value is -2.73. The standard InChI is InChI=1S/C22H27N5O/c1-13-7-6-8-18(14(13)2)15(3)24-22-19-9-21(28-17-11-27(5)12-17)23-10-20(19)16(4)25-26-22/h6-10,15,17H,11-12H2,1-5H3,(H,24,26)/t15-/m1/s1. The van der Waals surface area contributed by atoms with E-state index in [0.29, 0.717) is 5.88 Å². The number of anilines is 1. The summed E-state index contributed by atoms with van der Waals surface area (Å²) in [7, 11) is 2.09. The van der Waals surface area contributed by atoms with E-state index in [9.17, 15) is 0 Å². The summed E-state index contributed by atoms with van der Waals surface area (Å²) in [5.74, 6) is 1.40. The summed E-state index contributed by atoms with van der Waals surface area (Å²) in [5.41, 5.74) is 4.71. The number of ether oxygens (including phenoxy) is 1. The first-order valence-corrected chi connectivity index (χ1v) is 9.73. The van der Waals surface area contributed by atoms with Crippen LogP contribution in [0, 0.1) is 20.8 Å². The molecule has 1 atom stereocenters. The topological polar surface area (TPSA) is 63.2 Å². The SMILES string of the molecule is Cc1cccc([C@@H](C)Nc2nnc(C)c3cnc(OC4CN(C)C4)cc23)c1C. The van der Waals surface area contributed by atoms with Crippen LogP contribution in [-0.2, 0) is 0 Å². The number of nitrogens with zero attached hydrogens (tertiary/aromatic N) is 4. The summed E-state index contributed by atoms with van der Waals surface area (Å²) >= 11 is 0. The molecular formula is C22H27N5O. The molecule has 1 aliphatic rings. The molecule has 0 aliphatic carbocycles. The van der Waals surface area contributed by atoms with Crippen molar-refractivity contribution in [2.45, 2.75) is 39.8 Å². The third-order valence-corrected chi connectivity index (χ3v) is 5.61. The molecule has 146 valence electrons. The average molecular weight is 377 g/mol. The molecule has 1 aliphatic heterocycles. The summed E-state index contributed by atoms with van der Waals surface area (Å²) in [4.78, 5) is 6.70. The molecule has 2 aromatic heterocycles. The molecule has 0 saturated carbocycles. The fourth-order valence-corrected chi connectivity index (χ4v) is 3.74. The van der Waals surface area contributed by atoms with Gasteiger partial charge in [0.05, 0.1) is 11.7 Å². The van der Waals surface area contributed by atoms with Gasteiger partial charge in [0.25, 0.3) is 0 Å². The molecule has 4 rings (SSSR count). The van der Waals surface area contributed by atoms with E-state index in [-0.39, 0.29) is 12.1 Å². The van der Waals surface area contributed by atoms with Gasteiger partial charge in [0.15, 0.2) is 5.82 Å². The third-order valence-electron chi connectivity index (χ3n) is 5.61. The van der Waals surface area contributed by atoms with Crippen LogP contribution in [-0.4, -0.2) is 46.3 Å². The lowest BCUT2D eigenvalue weighted by molar-refractivity contribution is 0.0357. The van der Waals surface area contributed by atoms with Crippen LogP contribution < -0.4 is 10.1 Å². The zero-order chi connectivity index (χ0) is 19.8. The summed E-state index contributed by atoms with van der Waals surface area (Å²) in [6.07, 6.45) is 2.04. The first kappa shape index (κ1) is 18.6. The lowest BCUT2D eigenvalue weighted by Gasteiger charge is -2.35. The van der Waals surface area contributed by atoms with Gasteiger partial charge >= 0.3 is 0 Å². The lowest BCUT2D eigenvalue weighted by atomic mass is 9.98. The van der Waals surface area contributed by atoms with Crippen molar-refractivity contribution in [1.29, 1.82) is 0 Å². The Kier molecular flexibility index (Phi) is 4.89. The number of aromatic nitrogens is 3. The number of likely N-dealkylation sites (tertiary alicyclic amines) is 1. The fourth-order valence-electron chi connectivity index (χ4n) is 3.74. The Morgan fingerprint density at radius 2 is 1.93 bits per heavy atom. The Bertz CT molecular complexity index is 1010. The van der Waals surface area contributed by atoms with Gasteiger partial charge in [-0.25, -0.2) is 4.98 Å². The largest absolute Gasteiger partial charge is 0.472 e. The first-order valence-electron chi connectivity index (χ1n) is 9.73. The van der Waals surface area contributed by atoms with Gasteiger partial charge in [0.2, 0.25) is 5.88 Å². The number of rotatable bonds is 5. The highest BCUT2D eigenvalue weighted by Crippen LogP contribution is 2.30. The van der Waals surface area contributed by atoms with Crippen molar-refractivity contribution in [2.24, 2.45) is 0 Å². The molecular weight excluding hydrogens is 350 g/mol. The van der Waals surface area contributed by atoms with Gasteiger partial charge in [-0.05, 0) is 51.4 Å². The summed E-state index contributed by atoms with van der Waals surface area (Å²) in [6, 6.07) is 8.48. The van der Waals surface area contributed by atoms with Crippen molar-refractivity contribution in [1.82, 2.24) is 20.1 Å². The van der Waals surface area contributed by atoms with Crippen molar-refractivity contribution in [2.75, 3.05) is 25.5 Å². The molecule has 3 aromatic rings. The molecule has 1 aromatic carbocycles. The molecule has 1 fully saturated rings. The van der Waals surface area contributed by atoms with E-state index in [0.717, 1.165) is 35.4 Å². The van der Waals surface area contributed by atoms with E-state index in [2.05, 4.69) is 71.4 Å². The van der Waals surface area contributed by atoms with Crippen LogP contribution >= 0.6 is 0 Å². The highest BCUT2D eigenvalue weighted by molar-refractivity contribution is 5.93. The van der Waals surface area contributed by atoms with Crippen LogP contribution in [0.4, 0.5) is 5.82 Å². The molecule has 6 heteroatoms. The highest BCUT2D eigenvalue weighted by Gasteiger charge is 2.25. The van der Waals surface area contributed by atoms with Crippen molar-refractivity contribution in [3.63, 3.8) is 0 Å². The van der Waals surface area contributed by atoms with E-state index in [1.807, 2.05) is 19.2 Å². The van der Waals surface area contributed by atoms with E-state index in [1.54, 1.807) is 0 Å². The van der Waals surface area contributed by atoms with Crippen molar-refractivity contribution in [3.8, 4) is 5.88 Å². The van der Waals surface area contributed by atoms with Gasteiger partial charge in [-0.15, -0.1) is 5.10 Å². The van der Waals surface area contributed by atoms with Gasteiger partial charge in [-0.1, -0.05) is 18.2 Å². The molecule has 1 saturated heterocycles. The number of benzene rings is 1. The maximum Gasteiger partial charge on any atom is 0.214 e.